The van der Waals surface area contributed by atoms with Gasteiger partial charge < -0.3 is 229 Å². The van der Waals surface area contributed by atoms with Crippen molar-refractivity contribution in [3.63, 3.8) is 0 Å². The minimum absolute atomic E-state index is 0.855. The Morgan fingerprint density at radius 3 is 0.883 bits per heavy atom. The number of ether oxygens (including phenoxy) is 17. The molecule has 600 valence electrons. The summed E-state index contributed by atoms with van der Waals surface area (Å²) >= 11 is 0. The zero-order valence-corrected chi connectivity index (χ0v) is 54.2. The highest BCUT2D eigenvalue weighted by molar-refractivity contribution is 5.73. The molecule has 0 bridgehead atoms. The fraction of sp³-hybridized carbons (Fsp3) is 0.982. The van der Waals surface area contributed by atoms with Crippen molar-refractivity contribution in [3.05, 3.63) is 0 Å². The largest absolute Gasteiger partial charge is 0.394 e. The van der Waals surface area contributed by atoms with Crippen molar-refractivity contribution in [1.29, 1.82) is 0 Å². The molecule has 47 heteroatoms. The first-order valence-electron chi connectivity index (χ1n) is 32.7. The molecule has 103 heavy (non-hydrogen) atoms. The molecule has 0 aromatic rings. The van der Waals surface area contributed by atoms with Crippen molar-refractivity contribution < 1.29 is 228 Å². The van der Waals surface area contributed by atoms with E-state index < -0.39 is 342 Å². The maximum absolute atomic E-state index is 12.4. The number of carbonyl (C=O) groups excluding carboxylic acids is 1. The number of aliphatic hydroxyl groups is 28. The van der Waals surface area contributed by atoms with Crippen LogP contribution in [0.1, 0.15) is 6.92 Å². The molecule has 0 aromatic heterocycles. The van der Waals surface area contributed by atoms with Gasteiger partial charge in [-0.2, -0.15) is 0 Å². The molecule has 9 saturated heterocycles. The number of carbonyl (C=O) groups is 1. The van der Waals surface area contributed by atoms with E-state index in [2.05, 4.69) is 5.32 Å². The number of hydrogen-bond donors (Lipinski definition) is 29. The first-order chi connectivity index (χ1) is 48.8. The van der Waals surface area contributed by atoms with Crippen LogP contribution in [0.5, 0.6) is 0 Å². The van der Waals surface area contributed by atoms with Gasteiger partial charge in [-0.15, -0.1) is 0 Å². The van der Waals surface area contributed by atoms with Crippen LogP contribution in [0.4, 0.5) is 0 Å². The summed E-state index contributed by atoms with van der Waals surface area (Å²) in [5.74, 6) is -0.855. The topological polar surface area (TPSA) is 752 Å². The molecule has 1 amide bonds. The van der Waals surface area contributed by atoms with Crippen molar-refractivity contribution in [2.45, 2.75) is 283 Å². The van der Waals surface area contributed by atoms with Gasteiger partial charge in [-0.05, 0) is 0 Å². The standard InChI is InChI=1S/C56H95NO46/c1-11(65)57-21-30(74)42(18(8-64)89-48(21)86)98-53-41(85)44(100-55-47(36(80)27(71)16(6-62)94-55)103-56-46(35(79)26(70)17(7-63)95-56)102-52-39(83)33(77)24(68)14(4-60)92-52)29(73)20(97-53)9-87-49-40(84)43(99-50-37(81)31(75)22(66)12(2-58)90-50)28(72)19(96-49)10-88-54-45(34(78)25(69)15(5-61)93-54)101-51-38(82)32(76)23(67)13(3-59)91-51/h12-56,58-64,66-86H,2-10H2,1H3,(H,57,65)/t12-,13-,14-,15-,16-,17-,18-,19-,20-,21-,22-,23-,24-,25-,26-,27-,28-,29-,30-,31+,32+,33+,34+,35+,36+,37+,38+,39+,40+,41+,42-,43+,44+,45+,46+,47+,48?,49+,50-,51-,52-,53-,54+,55-,56-/m1/s1. The lowest BCUT2D eigenvalue weighted by atomic mass is 9.94. The van der Waals surface area contributed by atoms with E-state index in [1.807, 2.05) is 0 Å². The molecule has 9 heterocycles. The summed E-state index contributed by atoms with van der Waals surface area (Å²) in [5, 5.41) is 308. The molecule has 29 N–H and O–H groups in total. The van der Waals surface area contributed by atoms with E-state index >= 15 is 0 Å². The third kappa shape index (κ3) is 18.0. The second-order valence-corrected chi connectivity index (χ2v) is 26.0. The molecule has 9 rings (SSSR count). The summed E-state index contributed by atoms with van der Waals surface area (Å²) < 4.78 is 98.3. The summed E-state index contributed by atoms with van der Waals surface area (Å²) in [6.45, 7) is -8.74. The van der Waals surface area contributed by atoms with Gasteiger partial charge >= 0.3 is 0 Å². The molecule has 0 saturated carbocycles. The van der Waals surface area contributed by atoms with Crippen molar-refractivity contribution in [3.8, 4) is 0 Å². The Hall–Kier alpha value is -2.33. The fourth-order valence-electron chi connectivity index (χ4n) is 13.1. The molecular formula is C56H95NO46. The molecule has 0 spiro atoms. The van der Waals surface area contributed by atoms with Gasteiger partial charge in [0.15, 0.2) is 56.6 Å². The summed E-state index contributed by atoms with van der Waals surface area (Å²) in [6.07, 6.45) is -93.2. The van der Waals surface area contributed by atoms with Crippen LogP contribution in [-0.4, -0.2) is 485 Å². The Labute approximate surface area is 581 Å². The minimum Gasteiger partial charge on any atom is -0.394 e. The molecule has 0 aromatic carbocycles. The van der Waals surface area contributed by atoms with Crippen LogP contribution in [0.25, 0.3) is 0 Å². The quantitative estimate of drug-likeness (QED) is 0.0382. The molecule has 0 aliphatic carbocycles. The van der Waals surface area contributed by atoms with Crippen LogP contribution in [0.2, 0.25) is 0 Å². The Balaban J connectivity index is 1.04. The summed E-state index contributed by atoms with van der Waals surface area (Å²) in [5.41, 5.74) is 0. The molecule has 1 unspecified atom stereocenters. The van der Waals surface area contributed by atoms with Crippen LogP contribution in [-0.2, 0) is 85.3 Å². The van der Waals surface area contributed by atoms with E-state index in [4.69, 9.17) is 80.5 Å². The Morgan fingerprint density at radius 1 is 0.252 bits per heavy atom. The van der Waals surface area contributed by atoms with Crippen molar-refractivity contribution in [1.82, 2.24) is 5.32 Å². The summed E-state index contributed by atoms with van der Waals surface area (Å²) in [6, 6.07) is -1.77. The molecular weight excluding hydrogens is 1420 g/mol. The highest BCUT2D eigenvalue weighted by Crippen LogP contribution is 2.39. The predicted octanol–water partition coefficient (Wildman–Crippen LogP) is -20.5. The van der Waals surface area contributed by atoms with Gasteiger partial charge in [0.05, 0.1) is 59.5 Å². The third-order valence-electron chi connectivity index (χ3n) is 19.1. The molecule has 0 radical (unpaired) electrons. The van der Waals surface area contributed by atoms with E-state index in [-0.39, 0.29) is 0 Å². The average Bonchev–Trinajstić information content (AvgIpc) is 0.772. The first kappa shape index (κ1) is 84.7. The van der Waals surface area contributed by atoms with Gasteiger partial charge in [-0.25, -0.2) is 0 Å². The lowest BCUT2D eigenvalue weighted by Gasteiger charge is -2.50. The SMILES string of the molecule is CC(=O)N[C@H]1C(O)O[C@H](CO)[C@@H](O[C@H]2O[C@H](CO[C@H]3O[C@H](CO[C@H]4O[C@H](CO)[C@@H](O)[C@H](O)[C@@H]4O[C@H]4O[C@H](CO)[C@@H](O)[C@H](O)[C@@H]4O)[C@@H](O)[C@H](O[C@H]4O[C@H](CO)[C@@H](O)[C@H](O)[C@@H]4O)[C@@H]3O)[C@@H](O)[C@H](O[C@H]3O[C@H](CO)[C@@H](O)[C@H](O)[C@@H]3O[C@H]3O[C@H](CO)[C@@H](O)[C@H](O)[C@@H]3O[C@H]3O[C@H](CO)[C@@H](O)[C@H](O)[C@@H]3O)[C@@H]2O)[C@@H]1O. The van der Waals surface area contributed by atoms with E-state index in [9.17, 15) is 148 Å². The van der Waals surface area contributed by atoms with Crippen LogP contribution in [0.3, 0.4) is 0 Å². The lowest BCUT2D eigenvalue weighted by molar-refractivity contribution is -0.407. The molecule has 9 aliphatic rings. The molecule has 45 atom stereocenters. The maximum Gasteiger partial charge on any atom is 0.217 e. The Bertz CT molecular complexity index is 2580. The van der Waals surface area contributed by atoms with Gasteiger partial charge in [-0.1, -0.05) is 0 Å². The van der Waals surface area contributed by atoms with E-state index in [0.29, 0.717) is 0 Å². The molecule has 9 aliphatic heterocycles. The summed E-state index contributed by atoms with van der Waals surface area (Å²) in [4.78, 5) is 12.3. The number of hydrogen-bond acceptors (Lipinski definition) is 46. The molecule has 9 fully saturated rings. The number of aliphatic hydroxyl groups excluding tert-OH is 28. The Kier molecular flexibility index (Phi) is 30.2. The summed E-state index contributed by atoms with van der Waals surface area (Å²) in [7, 11) is 0. The zero-order valence-electron chi connectivity index (χ0n) is 54.2. The van der Waals surface area contributed by atoms with Crippen molar-refractivity contribution >= 4 is 5.91 Å². The predicted molar refractivity (Wildman–Crippen MR) is 309 cm³/mol. The van der Waals surface area contributed by atoms with Gasteiger partial charge in [-0.3, -0.25) is 4.79 Å². The smallest absolute Gasteiger partial charge is 0.217 e. The van der Waals surface area contributed by atoms with Gasteiger partial charge in [0.1, 0.15) is 220 Å². The number of nitrogens with one attached hydrogen (secondary N) is 1. The van der Waals surface area contributed by atoms with Gasteiger partial charge in [0, 0.05) is 6.92 Å². The zero-order chi connectivity index (χ0) is 75.6. The minimum atomic E-state index is -2.52. The second-order valence-electron chi connectivity index (χ2n) is 26.0. The van der Waals surface area contributed by atoms with Crippen LogP contribution >= 0.6 is 0 Å². The second kappa shape index (κ2) is 36.7. The normalized spacial score (nSPS) is 52.4. The van der Waals surface area contributed by atoms with Gasteiger partial charge in [0.2, 0.25) is 5.91 Å². The van der Waals surface area contributed by atoms with Crippen LogP contribution in [0, 0.1) is 0 Å². The first-order valence-corrected chi connectivity index (χ1v) is 32.7. The number of rotatable bonds is 26. The van der Waals surface area contributed by atoms with Crippen LogP contribution < -0.4 is 5.32 Å². The van der Waals surface area contributed by atoms with E-state index in [1.54, 1.807) is 0 Å². The number of amides is 1. The highest BCUT2D eigenvalue weighted by Gasteiger charge is 2.60. The Morgan fingerprint density at radius 2 is 0.515 bits per heavy atom. The van der Waals surface area contributed by atoms with Gasteiger partial charge in [0.25, 0.3) is 0 Å². The fourth-order valence-corrected chi connectivity index (χ4v) is 13.1. The van der Waals surface area contributed by atoms with Crippen molar-refractivity contribution in [2.75, 3.05) is 59.5 Å². The maximum atomic E-state index is 12.4. The molecule has 47 nitrogen and oxygen atoms in total. The monoisotopic (exact) mass is 1520 g/mol. The van der Waals surface area contributed by atoms with E-state index in [0.717, 1.165) is 6.92 Å². The third-order valence-corrected chi connectivity index (χ3v) is 19.1. The highest BCUT2D eigenvalue weighted by atomic mass is 16.8. The van der Waals surface area contributed by atoms with E-state index in [1.165, 1.54) is 0 Å². The lowest BCUT2D eigenvalue weighted by Crippen LogP contribution is -2.69. The van der Waals surface area contributed by atoms with Crippen molar-refractivity contribution in [2.24, 2.45) is 0 Å². The van der Waals surface area contributed by atoms with Crippen LogP contribution in [0.15, 0.2) is 0 Å². The average molecular weight is 1520 g/mol.